The van der Waals surface area contributed by atoms with Crippen LogP contribution in [0.3, 0.4) is 0 Å². The van der Waals surface area contributed by atoms with E-state index in [0.717, 1.165) is 55.7 Å². The second-order valence-corrected chi connectivity index (χ2v) is 11.5. The van der Waals surface area contributed by atoms with Crippen molar-refractivity contribution < 1.29 is 24.3 Å². The number of carbonyl (C=O) groups is 4. The van der Waals surface area contributed by atoms with E-state index in [9.17, 15) is 24.3 Å². The number of piperidine rings is 1. The smallest absolute Gasteiger partial charge is 0.327 e. The predicted octanol–water partition coefficient (Wildman–Crippen LogP) is 2.97. The number of carboxylic acids is 1. The van der Waals surface area contributed by atoms with Crippen LogP contribution in [-0.2, 0) is 33.6 Å². The Kier molecular flexibility index (Phi) is 9.34. The van der Waals surface area contributed by atoms with Crippen LogP contribution in [0.2, 0.25) is 0 Å². The third kappa shape index (κ3) is 6.96. The van der Waals surface area contributed by atoms with Gasteiger partial charge in [0.15, 0.2) is 6.04 Å². The van der Waals surface area contributed by atoms with E-state index in [1.54, 1.807) is 4.90 Å². The Morgan fingerprint density at radius 3 is 2.02 bits per heavy atom. The van der Waals surface area contributed by atoms with Crippen LogP contribution in [0.15, 0.2) is 54.6 Å². The van der Waals surface area contributed by atoms with Gasteiger partial charge in [0.2, 0.25) is 11.8 Å². The molecule has 3 aliphatic rings. The van der Waals surface area contributed by atoms with Crippen molar-refractivity contribution in [2.24, 2.45) is 11.8 Å². The second-order valence-electron chi connectivity index (χ2n) is 11.5. The van der Waals surface area contributed by atoms with Gasteiger partial charge < -0.3 is 20.2 Å². The quantitative estimate of drug-likeness (QED) is 0.457. The van der Waals surface area contributed by atoms with Gasteiger partial charge in [-0.25, -0.2) is 14.5 Å². The van der Waals surface area contributed by atoms with E-state index >= 15 is 0 Å². The van der Waals surface area contributed by atoms with Crippen LogP contribution in [0.5, 0.6) is 0 Å². The first-order chi connectivity index (χ1) is 19.9. The van der Waals surface area contributed by atoms with Crippen molar-refractivity contribution in [3.8, 4) is 0 Å². The number of hydrogen-bond acceptors (Lipinski definition) is 5. The van der Waals surface area contributed by atoms with Crippen molar-refractivity contribution in [3.05, 3.63) is 71.3 Å². The summed E-state index contributed by atoms with van der Waals surface area (Å²) < 4.78 is 0. The Hall–Kier alpha value is -3.72. The molecule has 9 nitrogen and oxygen atoms in total. The highest BCUT2D eigenvalue weighted by Crippen LogP contribution is 2.35. The number of carbonyl (C=O) groups excluding carboxylic acids is 3. The van der Waals surface area contributed by atoms with E-state index < -0.39 is 24.0 Å². The number of amides is 4. The van der Waals surface area contributed by atoms with Gasteiger partial charge in [-0.05, 0) is 74.2 Å². The maximum Gasteiger partial charge on any atom is 0.327 e. The molecule has 0 aromatic heterocycles. The van der Waals surface area contributed by atoms with E-state index in [2.05, 4.69) is 41.7 Å². The number of imide groups is 1. The minimum Gasteiger partial charge on any atom is -0.480 e. The molecule has 218 valence electrons. The number of piperazine rings is 1. The highest BCUT2D eigenvalue weighted by atomic mass is 16.4. The predicted molar refractivity (Wildman–Crippen MR) is 154 cm³/mol. The van der Waals surface area contributed by atoms with Gasteiger partial charge in [0, 0.05) is 26.2 Å². The molecule has 3 fully saturated rings. The van der Waals surface area contributed by atoms with Gasteiger partial charge in [0.1, 0.15) is 0 Å². The highest BCUT2D eigenvalue weighted by molar-refractivity contribution is 6.07. The van der Waals surface area contributed by atoms with Crippen molar-refractivity contribution in [2.75, 3.05) is 39.3 Å². The topological polar surface area (TPSA) is 110 Å². The average molecular weight is 561 g/mol. The lowest BCUT2D eigenvalue weighted by Crippen LogP contribution is -2.69. The molecule has 0 saturated carbocycles. The Labute approximate surface area is 241 Å². The minimum atomic E-state index is -1.13. The molecule has 2 atom stereocenters. The fourth-order valence-corrected chi connectivity index (χ4v) is 6.30. The van der Waals surface area contributed by atoms with E-state index in [4.69, 9.17) is 0 Å². The number of nitrogens with zero attached hydrogens (tertiary/aromatic N) is 3. The molecule has 2 aromatic rings. The third-order valence-corrected chi connectivity index (χ3v) is 8.77. The summed E-state index contributed by atoms with van der Waals surface area (Å²) in [6.45, 7) is 3.02. The number of carboxylic acid groups (broad SMARTS) is 1. The number of benzene rings is 2. The van der Waals surface area contributed by atoms with Crippen LogP contribution in [-0.4, -0.2) is 88.9 Å². The van der Waals surface area contributed by atoms with Crippen molar-refractivity contribution in [2.45, 2.75) is 51.0 Å². The van der Waals surface area contributed by atoms with E-state index in [1.165, 1.54) is 16.0 Å². The van der Waals surface area contributed by atoms with Gasteiger partial charge >= 0.3 is 12.0 Å². The first-order valence-corrected chi connectivity index (χ1v) is 14.9. The molecule has 3 aliphatic heterocycles. The van der Waals surface area contributed by atoms with Gasteiger partial charge in [-0.3, -0.25) is 9.59 Å². The number of hydrogen-bond donors (Lipinski definition) is 2. The molecule has 5 rings (SSSR count). The first-order valence-electron chi connectivity index (χ1n) is 14.9. The molecule has 2 aromatic carbocycles. The molecule has 2 N–H and O–H groups in total. The zero-order valence-corrected chi connectivity index (χ0v) is 23.5. The number of likely N-dealkylation sites (tertiary alicyclic amines) is 1. The average Bonchev–Trinajstić information content (AvgIpc) is 3.00. The molecule has 0 aliphatic carbocycles. The van der Waals surface area contributed by atoms with E-state index in [0.29, 0.717) is 31.8 Å². The largest absolute Gasteiger partial charge is 0.480 e. The lowest BCUT2D eigenvalue weighted by molar-refractivity contribution is -0.167. The summed E-state index contributed by atoms with van der Waals surface area (Å²) in [5.74, 6) is -1.86. The molecular weight excluding hydrogens is 520 g/mol. The molecule has 3 saturated heterocycles. The summed E-state index contributed by atoms with van der Waals surface area (Å²) in [7, 11) is 0. The van der Waals surface area contributed by atoms with Gasteiger partial charge in [-0.15, -0.1) is 0 Å². The maximum atomic E-state index is 13.2. The Morgan fingerprint density at radius 2 is 1.39 bits per heavy atom. The summed E-state index contributed by atoms with van der Waals surface area (Å²) in [5.41, 5.74) is 3.55. The zero-order valence-electron chi connectivity index (χ0n) is 23.5. The van der Waals surface area contributed by atoms with Gasteiger partial charge in [-0.1, -0.05) is 54.6 Å². The number of urea groups is 1. The minimum absolute atomic E-state index is 0.000554. The third-order valence-electron chi connectivity index (χ3n) is 8.77. The van der Waals surface area contributed by atoms with Crippen LogP contribution < -0.4 is 5.32 Å². The second kappa shape index (κ2) is 13.3. The van der Waals surface area contributed by atoms with E-state index in [1.807, 2.05) is 18.2 Å². The molecule has 0 bridgehead atoms. The fourth-order valence-electron chi connectivity index (χ4n) is 6.30. The van der Waals surface area contributed by atoms with Crippen LogP contribution in [0, 0.1) is 11.8 Å². The Bertz CT molecular complexity index is 1220. The Balaban J connectivity index is 1.07. The Morgan fingerprint density at radius 1 is 0.805 bits per heavy atom. The lowest BCUT2D eigenvalue weighted by Gasteiger charge is -2.47. The molecule has 9 heteroatoms. The fraction of sp³-hybridized carbons (Fsp3) is 0.500. The van der Waals surface area contributed by atoms with Crippen molar-refractivity contribution in [3.63, 3.8) is 0 Å². The molecular formula is C32H40N4O5. The number of aryl methyl sites for hydroxylation is 2. The molecule has 41 heavy (non-hydrogen) atoms. The van der Waals surface area contributed by atoms with Gasteiger partial charge in [0.05, 0.1) is 12.3 Å². The summed E-state index contributed by atoms with van der Waals surface area (Å²) in [4.78, 5) is 55.2. The molecule has 0 radical (unpaired) electrons. The van der Waals surface area contributed by atoms with Crippen molar-refractivity contribution >= 4 is 23.8 Å². The van der Waals surface area contributed by atoms with Crippen molar-refractivity contribution in [1.29, 1.82) is 0 Å². The SMILES string of the molecule is O=C(O)[C@@H]1[C@@H](CC2CCNCC2)C(=O)N1C(=O)N1CCN(C(=O)Cc2ccc(CCCc3ccccc3)cc2)CC1. The van der Waals surface area contributed by atoms with Crippen LogP contribution in [0.4, 0.5) is 4.79 Å². The summed E-state index contributed by atoms with van der Waals surface area (Å²) in [6.07, 6.45) is 5.73. The highest BCUT2D eigenvalue weighted by Gasteiger charge is 2.56. The van der Waals surface area contributed by atoms with Crippen LogP contribution in [0.25, 0.3) is 0 Å². The summed E-state index contributed by atoms with van der Waals surface area (Å²) in [5, 5.41) is 13.1. The number of nitrogens with one attached hydrogen (secondary N) is 1. The van der Waals surface area contributed by atoms with Gasteiger partial charge in [-0.2, -0.15) is 0 Å². The summed E-state index contributed by atoms with van der Waals surface area (Å²) >= 11 is 0. The van der Waals surface area contributed by atoms with E-state index in [-0.39, 0.29) is 24.9 Å². The first kappa shape index (κ1) is 28.8. The zero-order chi connectivity index (χ0) is 28.8. The number of aliphatic carboxylic acids is 1. The molecule has 0 spiro atoms. The molecule has 0 unspecified atom stereocenters. The monoisotopic (exact) mass is 560 g/mol. The van der Waals surface area contributed by atoms with Crippen LogP contribution >= 0.6 is 0 Å². The lowest BCUT2D eigenvalue weighted by atomic mass is 9.78. The van der Waals surface area contributed by atoms with Gasteiger partial charge in [0.25, 0.3) is 0 Å². The molecule has 4 amide bonds. The standard InChI is InChI=1S/C32H40N4O5/c37-28(22-25-11-9-24(10-12-25)8-4-7-23-5-2-1-3-6-23)34-17-19-35(20-18-34)32(41)36-29(31(39)40)27(30(36)38)21-26-13-15-33-16-14-26/h1-3,5-6,9-12,26-27,29,33H,4,7-8,13-22H2,(H,39,40)/t27-,29+/m1/s1. The number of β-lactam (4-membered cyclic amide) rings is 1. The maximum absolute atomic E-state index is 13.2. The van der Waals surface area contributed by atoms with Crippen LogP contribution in [0.1, 0.15) is 42.4 Å². The van der Waals surface area contributed by atoms with Crippen molar-refractivity contribution in [1.82, 2.24) is 20.0 Å². The normalized spacial score (nSPS) is 21.5. The number of rotatable bonds is 9. The summed E-state index contributed by atoms with van der Waals surface area (Å²) in [6, 6.07) is 17.0. The molecule has 3 heterocycles.